The minimum atomic E-state index is -0.581. The van der Waals surface area contributed by atoms with E-state index in [-0.39, 0.29) is 24.8 Å². The smallest absolute Gasteiger partial charge is 0.224 e. The van der Waals surface area contributed by atoms with E-state index in [1.54, 1.807) is 42.7 Å². The Hall–Kier alpha value is -3.43. The highest BCUT2D eigenvalue weighted by Gasteiger charge is 2.12. The molecule has 1 aromatic carbocycles. The molecule has 3 aromatic rings. The van der Waals surface area contributed by atoms with E-state index in [2.05, 4.69) is 30.5 Å². The largest absolute Gasteiger partial charge is 0.476 e. The number of hydrogen-bond acceptors (Lipinski definition) is 7. The minimum Gasteiger partial charge on any atom is -0.476 e. The van der Waals surface area contributed by atoms with Crippen LogP contribution in [0.5, 0.6) is 5.88 Å². The number of nitrogens with one attached hydrogen (secondary N) is 2. The van der Waals surface area contributed by atoms with E-state index in [0.717, 1.165) is 38.3 Å². The molecule has 0 atom stereocenters. The fourth-order valence-electron chi connectivity index (χ4n) is 3.58. The Morgan fingerprint density at radius 2 is 1.85 bits per heavy atom. The minimum absolute atomic E-state index is 0.134. The van der Waals surface area contributed by atoms with E-state index in [0.29, 0.717) is 23.6 Å². The Bertz CT molecular complexity index is 1040. The molecule has 1 aliphatic rings. The van der Waals surface area contributed by atoms with Crippen LogP contribution in [-0.2, 0) is 17.8 Å². The fraction of sp³-hybridized carbons (Fsp3) is 0.333. The van der Waals surface area contributed by atoms with Crippen LogP contribution in [0, 0.1) is 5.95 Å². The van der Waals surface area contributed by atoms with Gasteiger partial charge in [-0.25, -0.2) is 9.97 Å². The van der Waals surface area contributed by atoms with Crippen molar-refractivity contribution >= 4 is 5.91 Å². The van der Waals surface area contributed by atoms with Gasteiger partial charge >= 0.3 is 0 Å². The number of nitrogens with zero attached hydrogens (tertiary/aromatic N) is 4. The second kappa shape index (κ2) is 11.4. The van der Waals surface area contributed by atoms with E-state index in [1.807, 2.05) is 12.1 Å². The quantitative estimate of drug-likeness (QED) is 0.481. The van der Waals surface area contributed by atoms with Gasteiger partial charge in [0.15, 0.2) is 0 Å². The first kappa shape index (κ1) is 22.8. The predicted molar refractivity (Wildman–Crippen MR) is 122 cm³/mol. The fourth-order valence-corrected chi connectivity index (χ4v) is 3.58. The van der Waals surface area contributed by atoms with Gasteiger partial charge < -0.3 is 15.4 Å². The van der Waals surface area contributed by atoms with Crippen LogP contribution in [0.1, 0.15) is 11.4 Å². The third-order valence-electron chi connectivity index (χ3n) is 5.38. The summed E-state index contributed by atoms with van der Waals surface area (Å²) in [6, 6.07) is 12.3. The maximum atomic E-state index is 14.6. The summed E-state index contributed by atoms with van der Waals surface area (Å²) in [7, 11) is 0. The maximum Gasteiger partial charge on any atom is 0.224 e. The van der Waals surface area contributed by atoms with Crippen molar-refractivity contribution in [2.45, 2.75) is 13.0 Å². The Labute approximate surface area is 192 Å². The number of aromatic nitrogens is 3. The zero-order chi connectivity index (χ0) is 22.9. The molecular weight excluding hydrogens is 423 g/mol. The van der Waals surface area contributed by atoms with E-state index in [1.165, 1.54) is 0 Å². The predicted octanol–water partition coefficient (Wildman–Crippen LogP) is 1.82. The lowest BCUT2D eigenvalue weighted by Crippen LogP contribution is -2.44. The average molecular weight is 451 g/mol. The number of amides is 1. The van der Waals surface area contributed by atoms with Gasteiger partial charge in [-0.05, 0) is 23.3 Å². The average Bonchev–Trinajstić information content (AvgIpc) is 2.85. The summed E-state index contributed by atoms with van der Waals surface area (Å²) < 4.78 is 20.2. The number of piperazine rings is 1. The van der Waals surface area contributed by atoms with Crippen LogP contribution in [0.4, 0.5) is 4.39 Å². The van der Waals surface area contributed by atoms with Gasteiger partial charge in [0.2, 0.25) is 17.7 Å². The summed E-state index contributed by atoms with van der Waals surface area (Å²) in [4.78, 5) is 26.6. The Morgan fingerprint density at radius 1 is 1.09 bits per heavy atom. The maximum absolute atomic E-state index is 14.6. The summed E-state index contributed by atoms with van der Waals surface area (Å²) in [5.74, 6) is 0.121. The highest BCUT2D eigenvalue weighted by molar-refractivity contribution is 5.78. The highest BCUT2D eigenvalue weighted by Crippen LogP contribution is 2.24. The summed E-state index contributed by atoms with van der Waals surface area (Å²) >= 11 is 0. The number of hydrogen-bond donors (Lipinski definition) is 2. The van der Waals surface area contributed by atoms with Gasteiger partial charge in [0.25, 0.3) is 0 Å². The number of benzene rings is 1. The van der Waals surface area contributed by atoms with Crippen molar-refractivity contribution in [3.8, 4) is 17.0 Å². The first-order valence-electron chi connectivity index (χ1n) is 11.0. The molecule has 1 aliphatic heterocycles. The lowest BCUT2D eigenvalue weighted by Gasteiger charge is -2.26. The second-order valence-electron chi connectivity index (χ2n) is 7.74. The zero-order valence-electron chi connectivity index (χ0n) is 18.3. The number of halogens is 1. The number of carbonyl (C=O) groups excluding carboxylic acids is 1. The molecule has 1 amide bonds. The first-order chi connectivity index (χ1) is 16.2. The molecule has 33 heavy (non-hydrogen) atoms. The van der Waals surface area contributed by atoms with Crippen LogP contribution in [0.3, 0.4) is 0 Å². The number of ether oxygens (including phenoxy) is 1. The van der Waals surface area contributed by atoms with E-state index >= 15 is 0 Å². The lowest BCUT2D eigenvalue weighted by molar-refractivity contribution is -0.120. The molecule has 0 aliphatic carbocycles. The number of rotatable bonds is 9. The Kier molecular flexibility index (Phi) is 7.89. The van der Waals surface area contributed by atoms with Crippen LogP contribution < -0.4 is 15.4 Å². The van der Waals surface area contributed by atoms with Crippen molar-refractivity contribution in [3.05, 3.63) is 72.2 Å². The molecule has 0 radical (unpaired) electrons. The van der Waals surface area contributed by atoms with Crippen LogP contribution in [0.2, 0.25) is 0 Å². The Balaban J connectivity index is 1.28. The van der Waals surface area contributed by atoms with Crippen LogP contribution >= 0.6 is 0 Å². The van der Waals surface area contributed by atoms with Gasteiger partial charge in [-0.2, -0.15) is 9.37 Å². The number of pyridine rings is 1. The van der Waals surface area contributed by atoms with Crippen LogP contribution in [0.25, 0.3) is 11.1 Å². The summed E-state index contributed by atoms with van der Waals surface area (Å²) in [5.41, 5.74) is 1.90. The third-order valence-corrected chi connectivity index (χ3v) is 5.38. The molecule has 0 bridgehead atoms. The summed E-state index contributed by atoms with van der Waals surface area (Å²) in [6.07, 6.45) is 3.48. The van der Waals surface area contributed by atoms with Gasteiger partial charge in [-0.1, -0.05) is 24.3 Å². The molecule has 0 unspecified atom stereocenters. The van der Waals surface area contributed by atoms with Crippen molar-refractivity contribution in [3.63, 3.8) is 0 Å². The van der Waals surface area contributed by atoms with Crippen molar-refractivity contribution in [1.82, 2.24) is 30.5 Å². The SMILES string of the molecule is O=C(Cc1ccc(-c2ccc(OCCN3CCNCC3)nc2F)cc1)NCc1ncccn1. The molecule has 9 heteroatoms. The van der Waals surface area contributed by atoms with Gasteiger partial charge in [0.1, 0.15) is 12.4 Å². The van der Waals surface area contributed by atoms with Gasteiger partial charge in [0.05, 0.1) is 13.0 Å². The molecule has 0 spiro atoms. The van der Waals surface area contributed by atoms with Crippen molar-refractivity contribution < 1.29 is 13.9 Å². The summed E-state index contributed by atoms with van der Waals surface area (Å²) in [5, 5.41) is 6.10. The van der Waals surface area contributed by atoms with E-state index < -0.39 is 5.95 Å². The van der Waals surface area contributed by atoms with Crippen molar-refractivity contribution in [2.75, 3.05) is 39.3 Å². The number of carbonyl (C=O) groups is 1. The molecule has 2 N–H and O–H groups in total. The molecular formula is C24H27FN6O2. The highest BCUT2D eigenvalue weighted by atomic mass is 19.1. The Morgan fingerprint density at radius 3 is 2.58 bits per heavy atom. The molecule has 3 heterocycles. The summed E-state index contributed by atoms with van der Waals surface area (Å²) in [6.45, 7) is 5.48. The molecule has 1 fully saturated rings. The van der Waals surface area contributed by atoms with Crippen LogP contribution in [-0.4, -0.2) is 65.1 Å². The lowest BCUT2D eigenvalue weighted by atomic mass is 10.0. The molecule has 2 aromatic heterocycles. The monoisotopic (exact) mass is 450 g/mol. The molecule has 4 rings (SSSR count). The topological polar surface area (TPSA) is 92.3 Å². The molecule has 8 nitrogen and oxygen atoms in total. The molecule has 0 saturated carbocycles. The van der Waals surface area contributed by atoms with Gasteiger partial charge in [-0.15, -0.1) is 0 Å². The molecule has 1 saturated heterocycles. The second-order valence-corrected chi connectivity index (χ2v) is 7.74. The van der Waals surface area contributed by atoms with E-state index in [9.17, 15) is 9.18 Å². The van der Waals surface area contributed by atoms with Crippen LogP contribution in [0.15, 0.2) is 54.9 Å². The van der Waals surface area contributed by atoms with Gasteiger partial charge in [0, 0.05) is 56.7 Å². The van der Waals surface area contributed by atoms with E-state index in [4.69, 9.17) is 4.74 Å². The molecule has 172 valence electrons. The first-order valence-corrected chi connectivity index (χ1v) is 11.0. The normalized spacial score (nSPS) is 14.1. The van der Waals surface area contributed by atoms with Gasteiger partial charge in [-0.3, -0.25) is 9.69 Å². The third kappa shape index (κ3) is 6.77. The van der Waals surface area contributed by atoms with Crippen molar-refractivity contribution in [1.29, 1.82) is 0 Å². The zero-order valence-corrected chi connectivity index (χ0v) is 18.3. The standard InChI is InChI=1S/C24H27FN6O2/c25-24-20(6-7-23(30-24)33-15-14-31-12-10-26-11-13-31)19-4-2-18(3-5-19)16-22(32)29-17-21-27-8-1-9-28-21/h1-9,26H,10-17H2,(H,29,32). The van der Waals surface area contributed by atoms with Crippen molar-refractivity contribution in [2.24, 2.45) is 0 Å².